The van der Waals surface area contributed by atoms with E-state index in [1.165, 1.54) is 6.08 Å². The second-order valence-electron chi connectivity index (χ2n) is 3.63. The highest BCUT2D eigenvalue weighted by Gasteiger charge is 2.05. The summed E-state index contributed by atoms with van der Waals surface area (Å²) in [7, 11) is 0. The van der Waals surface area contributed by atoms with Crippen LogP contribution in [0, 0.1) is 0 Å². The van der Waals surface area contributed by atoms with E-state index in [4.69, 9.17) is 5.11 Å². The molecule has 0 radical (unpaired) electrons. The Morgan fingerprint density at radius 3 is 2.17 bits per heavy atom. The van der Waals surface area contributed by atoms with Crippen molar-refractivity contribution in [3.8, 4) is 0 Å². The lowest BCUT2D eigenvalue weighted by molar-refractivity contribution is -0.131. The van der Waals surface area contributed by atoms with Crippen LogP contribution in [0.1, 0.15) is 5.56 Å². The Bertz CT molecular complexity index is 398. The molecule has 18 heavy (non-hydrogen) atoms. The van der Waals surface area contributed by atoms with Crippen LogP contribution < -0.4 is 4.90 Å². The number of benzene rings is 1. The first-order valence-corrected chi connectivity index (χ1v) is 5.55. The number of rotatable bonds is 7. The van der Waals surface area contributed by atoms with E-state index >= 15 is 0 Å². The molecular weight excluding hydrogens is 240 g/mol. The highest BCUT2D eigenvalue weighted by atomic mass is 19.1. The molecule has 0 saturated heterocycles. The van der Waals surface area contributed by atoms with Crippen molar-refractivity contribution in [2.45, 2.75) is 0 Å². The van der Waals surface area contributed by atoms with Gasteiger partial charge in [-0.15, -0.1) is 0 Å². The lowest BCUT2D eigenvalue weighted by Crippen LogP contribution is -2.27. The van der Waals surface area contributed by atoms with Crippen LogP contribution in [0.2, 0.25) is 0 Å². The number of carbonyl (C=O) groups is 1. The van der Waals surface area contributed by atoms with E-state index in [0.29, 0.717) is 0 Å². The van der Waals surface area contributed by atoms with Gasteiger partial charge in [0.2, 0.25) is 0 Å². The van der Waals surface area contributed by atoms with Gasteiger partial charge in [-0.3, -0.25) is 0 Å². The minimum Gasteiger partial charge on any atom is -0.478 e. The molecule has 0 aliphatic carbocycles. The third kappa shape index (κ3) is 4.53. The maximum absolute atomic E-state index is 12.3. The van der Waals surface area contributed by atoms with Crippen molar-refractivity contribution in [2.24, 2.45) is 0 Å². The first kappa shape index (κ1) is 14.2. The number of alkyl halides is 2. The van der Waals surface area contributed by atoms with Crippen molar-refractivity contribution in [1.29, 1.82) is 0 Å². The fraction of sp³-hybridized carbons (Fsp3) is 0.308. The number of aliphatic carboxylic acids is 1. The summed E-state index contributed by atoms with van der Waals surface area (Å²) in [4.78, 5) is 11.9. The summed E-state index contributed by atoms with van der Waals surface area (Å²) in [5.41, 5.74) is 1.44. The van der Waals surface area contributed by atoms with Crippen molar-refractivity contribution in [1.82, 2.24) is 0 Å². The highest BCUT2D eigenvalue weighted by Crippen LogP contribution is 2.16. The third-order valence-electron chi connectivity index (χ3n) is 2.39. The predicted octanol–water partition coefficient (Wildman–Crippen LogP) is 2.53. The minimum atomic E-state index is -1.02. The van der Waals surface area contributed by atoms with Gasteiger partial charge in [0.25, 0.3) is 0 Å². The van der Waals surface area contributed by atoms with Gasteiger partial charge in [0, 0.05) is 24.9 Å². The minimum absolute atomic E-state index is 0.147. The summed E-state index contributed by atoms with van der Waals surface area (Å²) < 4.78 is 24.6. The average molecular weight is 255 g/mol. The smallest absolute Gasteiger partial charge is 0.328 e. The maximum atomic E-state index is 12.3. The zero-order valence-corrected chi connectivity index (χ0v) is 9.85. The first-order valence-electron chi connectivity index (χ1n) is 5.55. The van der Waals surface area contributed by atoms with Crippen molar-refractivity contribution < 1.29 is 18.7 Å². The molecule has 1 aromatic carbocycles. The van der Waals surface area contributed by atoms with Gasteiger partial charge >= 0.3 is 5.97 Å². The molecule has 0 saturated carbocycles. The molecule has 98 valence electrons. The molecule has 5 heteroatoms. The molecule has 0 aromatic heterocycles. The molecule has 0 amide bonds. The van der Waals surface area contributed by atoms with Gasteiger partial charge in [0.1, 0.15) is 13.3 Å². The van der Waals surface area contributed by atoms with Gasteiger partial charge in [0.15, 0.2) is 0 Å². The van der Waals surface area contributed by atoms with Crippen LogP contribution in [0.4, 0.5) is 14.5 Å². The lowest BCUT2D eigenvalue weighted by Gasteiger charge is -2.22. The van der Waals surface area contributed by atoms with Gasteiger partial charge < -0.3 is 10.0 Å². The molecule has 0 aliphatic rings. The first-order chi connectivity index (χ1) is 8.67. The number of carboxylic acids is 1. The highest BCUT2D eigenvalue weighted by molar-refractivity contribution is 5.85. The molecule has 1 rings (SSSR count). The summed E-state index contributed by atoms with van der Waals surface area (Å²) in [6, 6.07) is 6.84. The van der Waals surface area contributed by atoms with Crippen LogP contribution in [0.5, 0.6) is 0 Å². The number of nitrogens with zero attached hydrogens (tertiary/aromatic N) is 1. The molecule has 0 fully saturated rings. The number of carboxylic acid groups (broad SMARTS) is 1. The van der Waals surface area contributed by atoms with Crippen molar-refractivity contribution in [3.63, 3.8) is 0 Å². The molecule has 0 atom stereocenters. The second kappa shape index (κ2) is 7.42. The second-order valence-corrected chi connectivity index (χ2v) is 3.63. The van der Waals surface area contributed by atoms with Crippen LogP contribution in [0.3, 0.4) is 0 Å². The quantitative estimate of drug-likeness (QED) is 0.761. The Balaban J connectivity index is 2.76. The summed E-state index contributed by atoms with van der Waals surface area (Å²) in [6.07, 6.45) is 2.50. The Morgan fingerprint density at radius 2 is 1.72 bits per heavy atom. The number of hydrogen-bond acceptors (Lipinski definition) is 2. The molecule has 0 bridgehead atoms. The van der Waals surface area contributed by atoms with Crippen LogP contribution in [0.25, 0.3) is 6.08 Å². The zero-order valence-electron chi connectivity index (χ0n) is 9.85. The summed E-state index contributed by atoms with van der Waals surface area (Å²) in [5.74, 6) is -1.02. The molecule has 0 unspecified atom stereocenters. The van der Waals surface area contributed by atoms with E-state index in [1.54, 1.807) is 29.2 Å². The Morgan fingerprint density at radius 1 is 1.17 bits per heavy atom. The van der Waals surface area contributed by atoms with Crippen LogP contribution in [0.15, 0.2) is 30.3 Å². The molecule has 0 aliphatic heterocycles. The number of halogens is 2. The molecule has 1 N–H and O–H groups in total. The van der Waals surface area contributed by atoms with Crippen molar-refractivity contribution >= 4 is 17.7 Å². The molecule has 1 aromatic rings. The average Bonchev–Trinajstić information content (AvgIpc) is 2.37. The van der Waals surface area contributed by atoms with Gasteiger partial charge in [-0.1, -0.05) is 12.1 Å². The third-order valence-corrected chi connectivity index (χ3v) is 2.39. The maximum Gasteiger partial charge on any atom is 0.328 e. The Kier molecular flexibility index (Phi) is 5.84. The SMILES string of the molecule is O=C(O)C=Cc1ccc(N(CCF)CCF)cc1. The zero-order chi connectivity index (χ0) is 13.4. The molecular formula is C13H15F2NO2. The van der Waals surface area contributed by atoms with Crippen LogP contribution >= 0.6 is 0 Å². The summed E-state index contributed by atoms with van der Waals surface area (Å²) in [6.45, 7) is -0.788. The van der Waals surface area contributed by atoms with E-state index < -0.39 is 19.3 Å². The molecule has 3 nitrogen and oxygen atoms in total. The van der Waals surface area contributed by atoms with E-state index in [0.717, 1.165) is 17.3 Å². The monoisotopic (exact) mass is 255 g/mol. The predicted molar refractivity (Wildman–Crippen MR) is 67.3 cm³/mol. The topological polar surface area (TPSA) is 40.5 Å². The van der Waals surface area contributed by atoms with Crippen molar-refractivity contribution in [2.75, 3.05) is 31.3 Å². The normalized spacial score (nSPS) is 10.8. The van der Waals surface area contributed by atoms with E-state index in [-0.39, 0.29) is 13.1 Å². The van der Waals surface area contributed by atoms with Gasteiger partial charge in [0.05, 0.1) is 0 Å². The Labute approximate surface area is 104 Å². The molecule has 0 heterocycles. The van der Waals surface area contributed by atoms with E-state index in [9.17, 15) is 13.6 Å². The van der Waals surface area contributed by atoms with Crippen LogP contribution in [-0.2, 0) is 4.79 Å². The summed E-state index contributed by atoms with van der Waals surface area (Å²) in [5, 5.41) is 8.48. The van der Waals surface area contributed by atoms with Gasteiger partial charge in [-0.05, 0) is 23.8 Å². The number of anilines is 1. The lowest BCUT2D eigenvalue weighted by atomic mass is 10.2. The largest absolute Gasteiger partial charge is 0.478 e. The van der Waals surface area contributed by atoms with Gasteiger partial charge in [-0.25, -0.2) is 13.6 Å². The standard InChI is InChI=1S/C13H15F2NO2/c14-7-9-16(10-8-15)12-4-1-11(2-5-12)3-6-13(17)18/h1-6H,7-10H2,(H,17,18). The fourth-order valence-corrected chi connectivity index (χ4v) is 1.54. The van der Waals surface area contributed by atoms with E-state index in [2.05, 4.69) is 0 Å². The van der Waals surface area contributed by atoms with E-state index in [1.807, 2.05) is 0 Å². The summed E-state index contributed by atoms with van der Waals surface area (Å²) >= 11 is 0. The van der Waals surface area contributed by atoms with Crippen LogP contribution in [-0.4, -0.2) is 37.5 Å². The number of hydrogen-bond donors (Lipinski definition) is 1. The Hall–Kier alpha value is -1.91. The van der Waals surface area contributed by atoms with Gasteiger partial charge in [-0.2, -0.15) is 0 Å². The fourth-order valence-electron chi connectivity index (χ4n) is 1.54. The van der Waals surface area contributed by atoms with Crippen molar-refractivity contribution in [3.05, 3.63) is 35.9 Å². The molecule has 0 spiro atoms.